The molecule has 0 radical (unpaired) electrons. The van der Waals surface area contributed by atoms with Crippen molar-refractivity contribution in [3.05, 3.63) is 71.8 Å². The lowest BCUT2D eigenvalue weighted by atomic mass is 10.0. The first-order valence-corrected chi connectivity index (χ1v) is 7.44. The third-order valence-corrected chi connectivity index (χ3v) is 3.81. The van der Waals surface area contributed by atoms with Crippen molar-refractivity contribution >= 4 is 22.4 Å². The molecule has 1 amide bonds. The number of anilines is 1. The van der Waals surface area contributed by atoms with Crippen LogP contribution in [0.5, 0.6) is 5.75 Å². The molecule has 4 nitrogen and oxygen atoms in total. The zero-order valence-electron chi connectivity index (χ0n) is 12.7. The fraction of sp³-hybridized carbons (Fsp3) is 0.105. The summed E-state index contributed by atoms with van der Waals surface area (Å²) >= 11 is 0. The maximum absolute atomic E-state index is 11.2. The average Bonchev–Trinajstić information content (AvgIpc) is 2.56. The van der Waals surface area contributed by atoms with Gasteiger partial charge >= 0.3 is 0 Å². The number of hydrogen-bond acceptors (Lipinski definition) is 3. The van der Waals surface area contributed by atoms with Gasteiger partial charge in [-0.25, -0.2) is 0 Å². The Balaban J connectivity index is 1.74. The Morgan fingerprint density at radius 3 is 2.61 bits per heavy atom. The SMILES string of the molecule is NC(=O)c1ccc(N)c(OCCc2cccc3ccccc23)c1. The standard InChI is InChI=1S/C19H18N2O2/c20-17-9-8-15(19(21)22)12-18(17)23-11-10-14-6-3-5-13-4-1-2-7-16(13)14/h1-9,12H,10-11,20H2,(H2,21,22). The van der Waals surface area contributed by atoms with Crippen LogP contribution in [0.3, 0.4) is 0 Å². The van der Waals surface area contributed by atoms with Gasteiger partial charge in [-0.15, -0.1) is 0 Å². The molecule has 116 valence electrons. The second-order valence-electron chi connectivity index (χ2n) is 5.35. The van der Waals surface area contributed by atoms with Crippen molar-refractivity contribution in [2.75, 3.05) is 12.3 Å². The van der Waals surface area contributed by atoms with Crippen molar-refractivity contribution in [1.29, 1.82) is 0 Å². The van der Waals surface area contributed by atoms with E-state index in [4.69, 9.17) is 16.2 Å². The lowest BCUT2D eigenvalue weighted by molar-refractivity contribution is 0.1000. The van der Waals surface area contributed by atoms with E-state index in [1.165, 1.54) is 16.3 Å². The summed E-state index contributed by atoms with van der Waals surface area (Å²) in [5, 5.41) is 2.43. The molecular weight excluding hydrogens is 288 g/mol. The van der Waals surface area contributed by atoms with Crippen molar-refractivity contribution in [2.24, 2.45) is 5.73 Å². The monoisotopic (exact) mass is 306 g/mol. The molecule has 0 aliphatic rings. The number of hydrogen-bond donors (Lipinski definition) is 2. The molecule has 0 atom stereocenters. The van der Waals surface area contributed by atoms with Crippen LogP contribution in [0.25, 0.3) is 10.8 Å². The third kappa shape index (κ3) is 3.26. The van der Waals surface area contributed by atoms with Crippen molar-refractivity contribution in [2.45, 2.75) is 6.42 Å². The Morgan fingerprint density at radius 1 is 1.00 bits per heavy atom. The highest BCUT2D eigenvalue weighted by Gasteiger charge is 2.07. The molecule has 3 aromatic carbocycles. The molecule has 3 rings (SSSR count). The molecule has 0 saturated heterocycles. The molecule has 0 aliphatic heterocycles. The fourth-order valence-electron chi connectivity index (χ4n) is 2.59. The highest BCUT2D eigenvalue weighted by molar-refractivity contribution is 5.93. The van der Waals surface area contributed by atoms with Crippen LogP contribution in [-0.4, -0.2) is 12.5 Å². The van der Waals surface area contributed by atoms with Gasteiger partial charge in [0.2, 0.25) is 5.91 Å². The van der Waals surface area contributed by atoms with Gasteiger partial charge < -0.3 is 16.2 Å². The number of rotatable bonds is 5. The molecule has 0 fully saturated rings. The van der Waals surface area contributed by atoms with E-state index in [9.17, 15) is 4.79 Å². The van der Waals surface area contributed by atoms with Crippen LogP contribution in [0.15, 0.2) is 60.7 Å². The number of amides is 1. The molecular formula is C19H18N2O2. The number of nitrogen functional groups attached to an aromatic ring is 1. The molecule has 0 heterocycles. The minimum absolute atomic E-state index is 0.388. The Morgan fingerprint density at radius 2 is 1.78 bits per heavy atom. The number of ether oxygens (including phenoxy) is 1. The van der Waals surface area contributed by atoms with Gasteiger partial charge in [-0.05, 0) is 34.5 Å². The van der Waals surface area contributed by atoms with Crippen LogP contribution in [0.4, 0.5) is 5.69 Å². The normalized spacial score (nSPS) is 10.6. The Hall–Kier alpha value is -3.01. The number of fused-ring (bicyclic) bond motifs is 1. The van der Waals surface area contributed by atoms with Crippen molar-refractivity contribution in [3.63, 3.8) is 0 Å². The summed E-state index contributed by atoms with van der Waals surface area (Å²) in [4.78, 5) is 11.2. The van der Waals surface area contributed by atoms with E-state index < -0.39 is 5.91 Å². The summed E-state index contributed by atoms with van der Waals surface area (Å²) in [6.45, 7) is 0.473. The maximum Gasteiger partial charge on any atom is 0.248 e. The predicted octanol–water partition coefficient (Wildman–Crippen LogP) is 3.14. The average molecular weight is 306 g/mol. The lowest BCUT2D eigenvalue weighted by Gasteiger charge is -2.11. The number of carbonyl (C=O) groups is 1. The predicted molar refractivity (Wildman–Crippen MR) is 92.5 cm³/mol. The van der Waals surface area contributed by atoms with Crippen LogP contribution >= 0.6 is 0 Å². The molecule has 3 aromatic rings. The zero-order chi connectivity index (χ0) is 16.2. The largest absolute Gasteiger partial charge is 0.491 e. The van der Waals surface area contributed by atoms with E-state index in [1.807, 2.05) is 18.2 Å². The van der Waals surface area contributed by atoms with Crippen molar-refractivity contribution in [3.8, 4) is 5.75 Å². The topological polar surface area (TPSA) is 78.3 Å². The molecule has 0 aromatic heterocycles. The fourth-order valence-corrected chi connectivity index (χ4v) is 2.59. The van der Waals surface area contributed by atoms with E-state index in [0.717, 1.165) is 6.42 Å². The summed E-state index contributed by atoms with van der Waals surface area (Å²) in [6.07, 6.45) is 0.752. The highest BCUT2D eigenvalue weighted by Crippen LogP contribution is 2.24. The van der Waals surface area contributed by atoms with Crippen molar-refractivity contribution < 1.29 is 9.53 Å². The number of primary amides is 1. The van der Waals surface area contributed by atoms with Gasteiger partial charge in [0, 0.05) is 12.0 Å². The summed E-state index contributed by atoms with van der Waals surface area (Å²) in [5.41, 5.74) is 13.3. The van der Waals surface area contributed by atoms with E-state index >= 15 is 0 Å². The molecule has 0 aliphatic carbocycles. The molecule has 23 heavy (non-hydrogen) atoms. The summed E-state index contributed by atoms with van der Waals surface area (Å²) < 4.78 is 5.75. The van der Waals surface area contributed by atoms with Gasteiger partial charge in [-0.1, -0.05) is 42.5 Å². The first-order chi connectivity index (χ1) is 11.1. The van der Waals surface area contributed by atoms with E-state index in [0.29, 0.717) is 23.6 Å². The van der Waals surface area contributed by atoms with Gasteiger partial charge in [-0.2, -0.15) is 0 Å². The van der Waals surface area contributed by atoms with Crippen LogP contribution < -0.4 is 16.2 Å². The highest BCUT2D eigenvalue weighted by atomic mass is 16.5. The maximum atomic E-state index is 11.2. The first-order valence-electron chi connectivity index (χ1n) is 7.44. The quantitative estimate of drug-likeness (QED) is 0.711. The van der Waals surface area contributed by atoms with Gasteiger partial charge in [0.1, 0.15) is 5.75 Å². The number of carbonyl (C=O) groups excluding carboxylic acids is 1. The molecule has 0 bridgehead atoms. The van der Waals surface area contributed by atoms with E-state index in [1.54, 1.807) is 18.2 Å². The molecule has 4 N–H and O–H groups in total. The van der Waals surface area contributed by atoms with Crippen LogP contribution in [0, 0.1) is 0 Å². The molecule has 0 spiro atoms. The van der Waals surface area contributed by atoms with Crippen LogP contribution in [-0.2, 0) is 6.42 Å². The lowest BCUT2D eigenvalue weighted by Crippen LogP contribution is -2.12. The van der Waals surface area contributed by atoms with Gasteiger partial charge in [0.15, 0.2) is 0 Å². The Labute approximate surface area is 134 Å². The minimum Gasteiger partial charge on any atom is -0.491 e. The molecule has 4 heteroatoms. The van der Waals surface area contributed by atoms with Gasteiger partial charge in [-0.3, -0.25) is 4.79 Å². The van der Waals surface area contributed by atoms with Crippen LogP contribution in [0.1, 0.15) is 15.9 Å². The molecule has 0 saturated carbocycles. The second-order valence-corrected chi connectivity index (χ2v) is 5.35. The smallest absolute Gasteiger partial charge is 0.248 e. The minimum atomic E-state index is -0.496. The van der Waals surface area contributed by atoms with E-state index in [2.05, 4.69) is 24.3 Å². The summed E-state index contributed by atoms with van der Waals surface area (Å²) in [6, 6.07) is 19.3. The zero-order valence-corrected chi connectivity index (χ0v) is 12.7. The number of nitrogens with two attached hydrogens (primary N) is 2. The first kappa shape index (κ1) is 14.9. The Kier molecular flexibility index (Phi) is 4.15. The van der Waals surface area contributed by atoms with Crippen LogP contribution in [0.2, 0.25) is 0 Å². The number of benzene rings is 3. The Bertz CT molecular complexity index is 854. The molecule has 0 unspecified atom stereocenters. The summed E-state index contributed by atoms with van der Waals surface area (Å²) in [5.74, 6) is -0.00885. The van der Waals surface area contributed by atoms with Crippen molar-refractivity contribution in [1.82, 2.24) is 0 Å². The van der Waals surface area contributed by atoms with E-state index in [-0.39, 0.29) is 0 Å². The van der Waals surface area contributed by atoms with Gasteiger partial charge in [0.25, 0.3) is 0 Å². The van der Waals surface area contributed by atoms with Gasteiger partial charge in [0.05, 0.1) is 12.3 Å². The second kappa shape index (κ2) is 6.40. The third-order valence-electron chi connectivity index (χ3n) is 3.81. The summed E-state index contributed by atoms with van der Waals surface area (Å²) in [7, 11) is 0.